The van der Waals surface area contributed by atoms with E-state index in [1.807, 2.05) is 4.72 Å². The van der Waals surface area contributed by atoms with Crippen molar-refractivity contribution in [1.82, 2.24) is 9.97 Å². The summed E-state index contributed by atoms with van der Waals surface area (Å²) in [5, 5.41) is 0. The molecule has 0 saturated carbocycles. The van der Waals surface area contributed by atoms with Gasteiger partial charge in [0, 0.05) is 6.20 Å². The van der Waals surface area contributed by atoms with Crippen LogP contribution in [-0.2, 0) is 10.0 Å². The Hall–Kier alpha value is -2.09. The lowest BCUT2D eigenvalue weighted by Gasteiger charge is -2.06. The fourth-order valence-corrected chi connectivity index (χ4v) is 2.18. The van der Waals surface area contributed by atoms with Crippen LogP contribution >= 0.6 is 0 Å². The van der Waals surface area contributed by atoms with Gasteiger partial charge in [-0.1, -0.05) is 6.07 Å². The van der Waals surface area contributed by atoms with Crippen molar-refractivity contribution < 1.29 is 17.2 Å². The summed E-state index contributed by atoms with van der Waals surface area (Å²) in [5.41, 5.74) is 0. The third-order valence-electron chi connectivity index (χ3n) is 1.94. The molecule has 0 bridgehead atoms. The monoisotopic (exact) mass is 271 g/mol. The van der Waals surface area contributed by atoms with E-state index in [1.54, 1.807) is 0 Å². The number of halogens is 2. The highest BCUT2D eigenvalue weighted by atomic mass is 32.2. The first kappa shape index (κ1) is 12.4. The molecule has 18 heavy (non-hydrogen) atoms. The molecule has 0 unspecified atom stereocenters. The highest BCUT2D eigenvalue weighted by Crippen LogP contribution is 2.14. The predicted molar refractivity (Wildman–Crippen MR) is 59.2 cm³/mol. The second-order valence-electron chi connectivity index (χ2n) is 3.29. The quantitative estimate of drug-likeness (QED) is 0.860. The van der Waals surface area contributed by atoms with Crippen LogP contribution in [0.3, 0.4) is 0 Å². The molecule has 0 aromatic carbocycles. The third kappa shape index (κ3) is 2.77. The molecule has 5 nitrogen and oxygen atoms in total. The molecule has 0 aliphatic heterocycles. The van der Waals surface area contributed by atoms with Gasteiger partial charge in [-0.25, -0.2) is 17.8 Å². The van der Waals surface area contributed by atoms with E-state index in [4.69, 9.17) is 0 Å². The first-order valence-electron chi connectivity index (χ1n) is 4.73. The van der Waals surface area contributed by atoms with E-state index in [-0.39, 0.29) is 10.7 Å². The number of nitrogens with one attached hydrogen (secondary N) is 1. The summed E-state index contributed by atoms with van der Waals surface area (Å²) in [6.07, 6.45) is 1.85. The van der Waals surface area contributed by atoms with Gasteiger partial charge in [-0.15, -0.1) is 0 Å². The van der Waals surface area contributed by atoms with Crippen molar-refractivity contribution in [3.05, 3.63) is 48.4 Å². The SMILES string of the molecule is O=S(=O)(Nc1cccc(F)n1)c1cncc(F)c1. The average Bonchev–Trinajstić information content (AvgIpc) is 2.28. The van der Waals surface area contributed by atoms with E-state index >= 15 is 0 Å². The summed E-state index contributed by atoms with van der Waals surface area (Å²) in [5.74, 6) is -1.81. The Morgan fingerprint density at radius 2 is 1.94 bits per heavy atom. The molecule has 0 saturated heterocycles. The number of pyridine rings is 2. The molecule has 2 heterocycles. The highest BCUT2D eigenvalue weighted by Gasteiger charge is 2.16. The minimum Gasteiger partial charge on any atom is -0.263 e. The van der Waals surface area contributed by atoms with Crippen LogP contribution in [0.1, 0.15) is 0 Å². The highest BCUT2D eigenvalue weighted by molar-refractivity contribution is 7.92. The van der Waals surface area contributed by atoms with E-state index < -0.39 is 21.8 Å². The molecule has 2 aromatic heterocycles. The second kappa shape index (κ2) is 4.65. The molecular formula is C10H7F2N3O2S. The largest absolute Gasteiger partial charge is 0.264 e. The number of aromatic nitrogens is 2. The third-order valence-corrected chi connectivity index (χ3v) is 3.27. The standard InChI is InChI=1S/C10H7F2N3O2S/c11-7-4-8(6-13-5-7)18(16,17)15-10-3-1-2-9(12)14-10/h1-6H,(H,14,15). The molecule has 0 aliphatic rings. The van der Waals surface area contributed by atoms with Gasteiger partial charge in [0.1, 0.15) is 16.5 Å². The molecule has 0 spiro atoms. The van der Waals surface area contributed by atoms with Gasteiger partial charge >= 0.3 is 0 Å². The maximum absolute atomic E-state index is 12.9. The second-order valence-corrected chi connectivity index (χ2v) is 4.97. The number of rotatable bonds is 3. The first-order chi connectivity index (χ1) is 8.47. The van der Waals surface area contributed by atoms with E-state index in [9.17, 15) is 17.2 Å². The van der Waals surface area contributed by atoms with Crippen LogP contribution in [0.4, 0.5) is 14.6 Å². The Balaban J connectivity index is 2.33. The van der Waals surface area contributed by atoms with E-state index in [0.717, 1.165) is 24.5 Å². The van der Waals surface area contributed by atoms with Crippen LogP contribution in [0.2, 0.25) is 0 Å². The number of nitrogens with zero attached hydrogens (tertiary/aromatic N) is 2. The average molecular weight is 271 g/mol. The smallest absolute Gasteiger partial charge is 0.263 e. The number of sulfonamides is 1. The topological polar surface area (TPSA) is 72.0 Å². The Morgan fingerprint density at radius 1 is 1.17 bits per heavy atom. The van der Waals surface area contributed by atoms with Crippen molar-refractivity contribution in [2.24, 2.45) is 0 Å². The van der Waals surface area contributed by atoms with Crippen LogP contribution < -0.4 is 4.72 Å². The minimum atomic E-state index is -4.03. The van der Waals surface area contributed by atoms with Crippen molar-refractivity contribution in [3.8, 4) is 0 Å². The normalized spacial score (nSPS) is 11.2. The zero-order chi connectivity index (χ0) is 13.2. The van der Waals surface area contributed by atoms with Gasteiger partial charge in [0.05, 0.1) is 6.20 Å². The van der Waals surface area contributed by atoms with Crippen LogP contribution in [0.15, 0.2) is 41.6 Å². The Labute approximate surface area is 102 Å². The first-order valence-corrected chi connectivity index (χ1v) is 6.22. The molecule has 0 fully saturated rings. The van der Waals surface area contributed by atoms with Crippen LogP contribution in [0.5, 0.6) is 0 Å². The van der Waals surface area contributed by atoms with Crippen molar-refractivity contribution in [2.45, 2.75) is 4.90 Å². The van der Waals surface area contributed by atoms with Gasteiger partial charge in [0.2, 0.25) is 5.95 Å². The predicted octanol–water partition coefficient (Wildman–Crippen LogP) is 1.56. The molecule has 0 atom stereocenters. The van der Waals surface area contributed by atoms with Crippen molar-refractivity contribution in [3.63, 3.8) is 0 Å². The van der Waals surface area contributed by atoms with Crippen molar-refractivity contribution in [2.75, 3.05) is 4.72 Å². The molecule has 0 radical (unpaired) electrons. The summed E-state index contributed by atoms with van der Waals surface area (Å²) in [7, 11) is -4.03. The molecule has 0 amide bonds. The van der Waals surface area contributed by atoms with Gasteiger partial charge in [-0.05, 0) is 18.2 Å². The zero-order valence-electron chi connectivity index (χ0n) is 8.84. The summed E-state index contributed by atoms with van der Waals surface area (Å²) in [6, 6.07) is 4.44. The Morgan fingerprint density at radius 3 is 2.61 bits per heavy atom. The van der Waals surface area contributed by atoms with Gasteiger partial charge < -0.3 is 0 Å². The van der Waals surface area contributed by atoms with Gasteiger partial charge in [-0.3, -0.25) is 9.71 Å². The van der Waals surface area contributed by atoms with E-state index in [1.165, 1.54) is 12.1 Å². The molecule has 94 valence electrons. The van der Waals surface area contributed by atoms with Crippen LogP contribution in [0.25, 0.3) is 0 Å². The van der Waals surface area contributed by atoms with Gasteiger partial charge in [0.25, 0.3) is 10.0 Å². The van der Waals surface area contributed by atoms with Gasteiger partial charge in [-0.2, -0.15) is 4.39 Å². The summed E-state index contributed by atoms with van der Waals surface area (Å²) in [4.78, 5) is 6.39. The number of hydrogen-bond donors (Lipinski definition) is 1. The fraction of sp³-hybridized carbons (Fsp3) is 0. The zero-order valence-corrected chi connectivity index (χ0v) is 9.66. The lowest BCUT2D eigenvalue weighted by molar-refractivity contribution is 0.583. The lowest BCUT2D eigenvalue weighted by Crippen LogP contribution is -2.14. The Kier molecular flexibility index (Phi) is 3.19. The van der Waals surface area contributed by atoms with Crippen LogP contribution in [-0.4, -0.2) is 18.4 Å². The summed E-state index contributed by atoms with van der Waals surface area (Å²) in [6.45, 7) is 0. The van der Waals surface area contributed by atoms with E-state index in [2.05, 4.69) is 9.97 Å². The van der Waals surface area contributed by atoms with Gasteiger partial charge in [0.15, 0.2) is 0 Å². The molecule has 1 N–H and O–H groups in total. The summed E-state index contributed by atoms with van der Waals surface area (Å²) < 4.78 is 51.2. The molecular weight excluding hydrogens is 264 g/mol. The molecule has 8 heteroatoms. The molecule has 2 aromatic rings. The summed E-state index contributed by atoms with van der Waals surface area (Å²) >= 11 is 0. The molecule has 0 aliphatic carbocycles. The Bertz CT molecular complexity index is 676. The molecule has 2 rings (SSSR count). The maximum atomic E-state index is 12.9. The lowest BCUT2D eigenvalue weighted by atomic mass is 10.5. The number of hydrogen-bond acceptors (Lipinski definition) is 4. The van der Waals surface area contributed by atoms with Crippen molar-refractivity contribution >= 4 is 15.8 Å². The van der Waals surface area contributed by atoms with Crippen molar-refractivity contribution in [1.29, 1.82) is 0 Å². The van der Waals surface area contributed by atoms with Crippen LogP contribution in [0, 0.1) is 11.8 Å². The van der Waals surface area contributed by atoms with E-state index in [0.29, 0.717) is 0 Å². The fourth-order valence-electron chi connectivity index (χ4n) is 1.20. The number of anilines is 1. The maximum Gasteiger partial charge on any atom is 0.264 e. The minimum absolute atomic E-state index is 0.195.